The lowest BCUT2D eigenvalue weighted by Crippen LogP contribution is -2.47. The third kappa shape index (κ3) is 7.24. The average Bonchev–Trinajstić information content (AvgIpc) is 2.75. The van der Waals surface area contributed by atoms with E-state index in [4.69, 9.17) is 0 Å². The molecular formula is C18H31N4O8S3-. The Morgan fingerprint density at radius 3 is 1.94 bits per heavy atom. The summed E-state index contributed by atoms with van der Waals surface area (Å²) >= 11 is 0. The minimum atomic E-state index is -4.19. The van der Waals surface area contributed by atoms with Crippen LogP contribution in [0.4, 0.5) is 5.69 Å². The summed E-state index contributed by atoms with van der Waals surface area (Å²) in [6.07, 6.45) is 0. The van der Waals surface area contributed by atoms with Crippen LogP contribution in [0.1, 0.15) is 0 Å². The van der Waals surface area contributed by atoms with E-state index in [2.05, 4.69) is 0 Å². The molecule has 0 bridgehead atoms. The molecule has 0 aliphatic carbocycles. The van der Waals surface area contributed by atoms with Gasteiger partial charge in [-0.3, -0.25) is 29.0 Å². The molecule has 33 heavy (non-hydrogen) atoms. The molecule has 0 saturated carbocycles. The summed E-state index contributed by atoms with van der Waals surface area (Å²) in [5.74, 6) is 0.727. The standard InChI is InChI=1S/C18H32N4O8S3/c23-22(24)17-3-1-2-4-18(17)33(29,30)21(7-5-19-9-13-31(25,26)14-10-19)8-6-20-11-15-32(27,28)16-12-20/h1-4,25-28H,5-16H2/p-1. The van der Waals surface area contributed by atoms with Crippen LogP contribution in [0.25, 0.3) is 0 Å². The Hall–Kier alpha value is -1.01. The van der Waals surface area contributed by atoms with Crippen LogP contribution in [0, 0.1) is 10.1 Å². The molecule has 2 fully saturated rings. The van der Waals surface area contributed by atoms with Crippen LogP contribution in [-0.2, 0) is 10.0 Å². The zero-order valence-electron chi connectivity index (χ0n) is 18.2. The normalized spacial score (nSPS) is 23.8. The first-order valence-corrected chi connectivity index (χ1v) is 15.7. The lowest BCUT2D eigenvalue weighted by Gasteiger charge is -2.51. The maximum Gasteiger partial charge on any atom is 0.289 e. The molecule has 15 heteroatoms. The predicted molar refractivity (Wildman–Crippen MR) is 128 cm³/mol. The molecule has 0 aromatic heterocycles. The van der Waals surface area contributed by atoms with Gasteiger partial charge in [0.15, 0.2) is 4.90 Å². The molecule has 0 amide bonds. The van der Waals surface area contributed by atoms with E-state index < -0.39 is 41.8 Å². The first-order valence-electron chi connectivity index (χ1n) is 10.5. The number of nitro groups is 1. The highest BCUT2D eigenvalue weighted by atomic mass is 32.3. The van der Waals surface area contributed by atoms with Crippen molar-refractivity contribution in [3.8, 4) is 0 Å². The quantitative estimate of drug-likeness (QED) is 0.315. The maximum atomic E-state index is 13.4. The molecule has 2 aliphatic rings. The number of hydrogen-bond acceptors (Lipinski definition) is 10. The van der Waals surface area contributed by atoms with E-state index in [0.29, 0.717) is 39.3 Å². The second-order valence-corrected chi connectivity index (χ2v) is 14.9. The summed E-state index contributed by atoms with van der Waals surface area (Å²) in [4.78, 5) is 14.2. The fourth-order valence-corrected chi connectivity index (χ4v) is 7.97. The molecule has 0 spiro atoms. The topological polar surface area (TPSA) is 171 Å². The zero-order chi connectivity index (χ0) is 24.3. The molecule has 0 radical (unpaired) electrons. The van der Waals surface area contributed by atoms with Crippen LogP contribution < -0.4 is 0 Å². The van der Waals surface area contributed by atoms with Crippen molar-refractivity contribution in [2.24, 2.45) is 0 Å². The number of nitro benzene ring substituents is 1. The monoisotopic (exact) mass is 527 g/mol. The van der Waals surface area contributed by atoms with Crippen molar-refractivity contribution in [2.75, 3.05) is 75.4 Å². The first-order chi connectivity index (χ1) is 15.4. The Balaban J connectivity index is 1.74. The van der Waals surface area contributed by atoms with E-state index in [-0.39, 0.29) is 41.0 Å². The Morgan fingerprint density at radius 2 is 1.42 bits per heavy atom. The van der Waals surface area contributed by atoms with E-state index in [9.17, 15) is 36.7 Å². The summed E-state index contributed by atoms with van der Waals surface area (Å²) in [7, 11) is -9.58. The van der Waals surface area contributed by atoms with Gasteiger partial charge in [-0.25, -0.2) is 8.42 Å². The molecule has 12 nitrogen and oxygen atoms in total. The first kappa shape index (κ1) is 26.6. The Labute approximate surface area is 197 Å². The summed E-state index contributed by atoms with van der Waals surface area (Å²) in [5.41, 5.74) is -0.493. The highest BCUT2D eigenvalue weighted by molar-refractivity contribution is 8.24. The summed E-state index contributed by atoms with van der Waals surface area (Å²) in [5, 5.41) is 11.4. The smallest absolute Gasteiger partial charge is 0.289 e. The van der Waals surface area contributed by atoms with Gasteiger partial charge in [0.1, 0.15) is 0 Å². The Bertz CT molecular complexity index is 894. The van der Waals surface area contributed by atoms with Gasteiger partial charge in [0, 0.05) is 69.9 Å². The highest BCUT2D eigenvalue weighted by Gasteiger charge is 2.32. The van der Waals surface area contributed by atoms with E-state index in [1.54, 1.807) is 0 Å². The van der Waals surface area contributed by atoms with Gasteiger partial charge in [-0.1, -0.05) is 12.1 Å². The third-order valence-electron chi connectivity index (χ3n) is 5.93. The molecule has 2 aliphatic heterocycles. The van der Waals surface area contributed by atoms with Gasteiger partial charge in [0.05, 0.1) is 16.4 Å². The predicted octanol–water partition coefficient (Wildman–Crippen LogP) is 1.38. The van der Waals surface area contributed by atoms with Crippen molar-refractivity contribution in [1.29, 1.82) is 0 Å². The van der Waals surface area contributed by atoms with E-state index in [1.165, 1.54) is 22.5 Å². The van der Waals surface area contributed by atoms with Crippen molar-refractivity contribution < 1.29 is 31.6 Å². The number of benzene rings is 1. The van der Waals surface area contributed by atoms with Crippen molar-refractivity contribution in [2.45, 2.75) is 4.90 Å². The summed E-state index contributed by atoms with van der Waals surface area (Å²) in [6.45, 7) is 2.44. The zero-order valence-corrected chi connectivity index (χ0v) is 20.6. The van der Waals surface area contributed by atoms with Gasteiger partial charge in [0.25, 0.3) is 5.69 Å². The minimum Gasteiger partial charge on any atom is -0.768 e. The molecule has 190 valence electrons. The lowest BCUT2D eigenvalue weighted by atomic mass is 10.3. The number of rotatable bonds is 9. The van der Waals surface area contributed by atoms with E-state index >= 15 is 0 Å². The number of sulfonamides is 1. The van der Waals surface area contributed by atoms with Crippen molar-refractivity contribution in [3.63, 3.8) is 0 Å². The Morgan fingerprint density at radius 1 is 0.939 bits per heavy atom. The van der Waals surface area contributed by atoms with Gasteiger partial charge in [-0.15, -0.1) is 0 Å². The summed E-state index contributed by atoms with van der Waals surface area (Å²) < 4.78 is 69.1. The number of para-hydroxylation sites is 1. The van der Waals surface area contributed by atoms with Crippen LogP contribution in [0.5, 0.6) is 0 Å². The lowest BCUT2D eigenvalue weighted by molar-refractivity contribution is -0.387. The Kier molecular flexibility index (Phi) is 8.64. The molecular weight excluding hydrogens is 496 g/mol. The van der Waals surface area contributed by atoms with Crippen LogP contribution in [-0.4, -0.2) is 121 Å². The number of hydrogen-bond donors (Lipinski definition) is 3. The van der Waals surface area contributed by atoms with Crippen molar-refractivity contribution in [1.82, 2.24) is 14.1 Å². The minimum absolute atomic E-state index is 0.0734. The van der Waals surface area contributed by atoms with Crippen molar-refractivity contribution >= 4 is 36.9 Å². The van der Waals surface area contributed by atoms with Crippen LogP contribution in [0.3, 0.4) is 0 Å². The fraction of sp³-hybridized carbons (Fsp3) is 0.667. The van der Waals surface area contributed by atoms with Gasteiger partial charge in [0.2, 0.25) is 10.0 Å². The molecule has 3 rings (SSSR count). The van der Waals surface area contributed by atoms with Crippen LogP contribution in [0.15, 0.2) is 29.2 Å². The second kappa shape index (κ2) is 10.7. The summed E-state index contributed by atoms with van der Waals surface area (Å²) in [6, 6.07) is 5.23. The molecule has 1 aromatic carbocycles. The molecule has 3 N–H and O–H groups in total. The fourth-order valence-electron chi connectivity index (χ4n) is 3.79. The van der Waals surface area contributed by atoms with Crippen LogP contribution in [0.2, 0.25) is 0 Å². The maximum absolute atomic E-state index is 13.4. The molecule has 0 unspecified atom stereocenters. The van der Waals surface area contributed by atoms with Crippen molar-refractivity contribution in [3.05, 3.63) is 34.4 Å². The second-order valence-electron chi connectivity index (χ2n) is 8.20. The van der Waals surface area contributed by atoms with Crippen LogP contribution >= 0.6 is 21.2 Å². The van der Waals surface area contributed by atoms with E-state index in [1.807, 2.05) is 9.80 Å². The highest BCUT2D eigenvalue weighted by Crippen LogP contribution is 2.41. The third-order valence-corrected chi connectivity index (χ3v) is 11.2. The molecule has 0 atom stereocenters. The molecule has 2 saturated heterocycles. The SMILES string of the molecule is O=[N+]([O-])c1ccccc1S(=O)(=O)N(CCN1CCS([O-])(O)CC1)CCN1CCS(O)(O)CC1. The molecule has 1 aromatic rings. The largest absolute Gasteiger partial charge is 0.768 e. The number of nitrogens with zero attached hydrogens (tertiary/aromatic N) is 4. The van der Waals surface area contributed by atoms with Gasteiger partial charge in [-0.05, 0) is 6.07 Å². The van der Waals surface area contributed by atoms with Gasteiger partial charge >= 0.3 is 0 Å². The average molecular weight is 528 g/mol. The van der Waals surface area contributed by atoms with Gasteiger partial charge in [-0.2, -0.15) is 14.9 Å². The van der Waals surface area contributed by atoms with E-state index in [0.717, 1.165) is 6.07 Å². The molecule has 2 heterocycles. The van der Waals surface area contributed by atoms with Gasteiger partial charge < -0.3 is 19.7 Å².